The van der Waals surface area contributed by atoms with Crippen LogP contribution in [0.25, 0.3) is 22.1 Å². The van der Waals surface area contributed by atoms with Gasteiger partial charge in [-0.15, -0.1) is 11.3 Å². The summed E-state index contributed by atoms with van der Waals surface area (Å²) in [7, 11) is 0. The number of para-hydroxylation sites is 1. The molecule has 0 saturated carbocycles. The molecule has 0 bridgehead atoms. The molecule has 30 heavy (non-hydrogen) atoms. The lowest BCUT2D eigenvalue weighted by Gasteiger charge is -2.16. The highest BCUT2D eigenvalue weighted by molar-refractivity contribution is 7.71. The summed E-state index contributed by atoms with van der Waals surface area (Å²) in [6.07, 6.45) is 0. The number of carbonyl (C=O) groups excluding carboxylic acids is 1. The highest BCUT2D eigenvalue weighted by Gasteiger charge is 2.23. The molecule has 0 radical (unpaired) electrons. The van der Waals surface area contributed by atoms with Gasteiger partial charge >= 0.3 is 0 Å². The number of nitrogens with one attached hydrogen (secondary N) is 3. The van der Waals surface area contributed by atoms with E-state index >= 15 is 0 Å². The van der Waals surface area contributed by atoms with E-state index in [4.69, 9.17) is 12.2 Å². The topological polar surface area (TPSA) is 104 Å². The highest BCUT2D eigenvalue weighted by Crippen LogP contribution is 2.29. The molecule has 0 saturated heterocycles. The average molecular weight is 440 g/mol. The van der Waals surface area contributed by atoms with Gasteiger partial charge in [0.15, 0.2) is 16.4 Å². The first-order chi connectivity index (χ1) is 14.5. The summed E-state index contributed by atoms with van der Waals surface area (Å²) in [5, 5.41) is 19.3. The lowest BCUT2D eigenvalue weighted by Crippen LogP contribution is -2.24. The van der Waals surface area contributed by atoms with Gasteiger partial charge in [-0.05, 0) is 42.7 Å². The normalized spacial score (nSPS) is 12.3. The minimum atomic E-state index is -0.570. The van der Waals surface area contributed by atoms with Gasteiger partial charge in [0.2, 0.25) is 5.91 Å². The number of carbonyl (C=O) groups is 1. The lowest BCUT2D eigenvalue weighted by molar-refractivity contribution is -0.118. The first-order valence-electron chi connectivity index (χ1n) is 9.49. The molecular formula is C20H21N7OS2. The minimum Gasteiger partial charge on any atom is -0.324 e. The fourth-order valence-corrected chi connectivity index (χ4v) is 4.04. The molecule has 154 valence electrons. The molecule has 1 amide bonds. The van der Waals surface area contributed by atoms with Crippen LogP contribution in [0.5, 0.6) is 0 Å². The van der Waals surface area contributed by atoms with E-state index in [1.54, 1.807) is 11.5 Å². The summed E-state index contributed by atoms with van der Waals surface area (Å²) in [6, 6.07) is 10.8. The molecular weight excluding hydrogens is 418 g/mol. The Hall–Kier alpha value is -3.11. The van der Waals surface area contributed by atoms with Crippen LogP contribution in [0.3, 0.4) is 0 Å². The number of anilines is 1. The molecule has 1 unspecified atom stereocenters. The number of H-pyrrole nitrogens is 2. The third kappa shape index (κ3) is 3.83. The Morgan fingerprint density at radius 2 is 1.93 bits per heavy atom. The second-order valence-corrected chi connectivity index (χ2v) is 8.44. The standard InChI is InChI=1S/C20H21N7OS2/c1-11(2)16-22-17(24-23-16)13-7-4-5-8-14(13)21-19(28)12(3)27-18(25-26-20(27)29)15-9-6-10-30-15/h4-12H,1-3H3,(H,21,28)(H,26,29)(H,22,23,24). The number of benzene rings is 1. The molecule has 0 fully saturated rings. The van der Waals surface area contributed by atoms with Crippen molar-refractivity contribution in [3.63, 3.8) is 0 Å². The van der Waals surface area contributed by atoms with Gasteiger partial charge in [-0.25, -0.2) is 4.98 Å². The van der Waals surface area contributed by atoms with Crippen molar-refractivity contribution >= 4 is 35.1 Å². The molecule has 4 rings (SSSR count). The zero-order valence-corrected chi connectivity index (χ0v) is 18.3. The Balaban J connectivity index is 1.63. The largest absolute Gasteiger partial charge is 0.324 e. The third-order valence-corrected chi connectivity index (χ3v) is 5.84. The molecule has 1 atom stereocenters. The van der Waals surface area contributed by atoms with Crippen LogP contribution in [0.4, 0.5) is 5.69 Å². The molecule has 8 nitrogen and oxygen atoms in total. The summed E-state index contributed by atoms with van der Waals surface area (Å²) in [5.41, 5.74) is 1.38. The van der Waals surface area contributed by atoms with Crippen LogP contribution in [0.2, 0.25) is 0 Å². The van der Waals surface area contributed by atoms with Gasteiger partial charge in [-0.1, -0.05) is 32.0 Å². The van der Waals surface area contributed by atoms with Gasteiger partial charge in [0, 0.05) is 11.5 Å². The molecule has 0 spiro atoms. The van der Waals surface area contributed by atoms with Gasteiger partial charge in [-0.2, -0.15) is 10.2 Å². The molecule has 3 heterocycles. The maximum Gasteiger partial charge on any atom is 0.247 e. The third-order valence-electron chi connectivity index (χ3n) is 4.69. The van der Waals surface area contributed by atoms with Crippen molar-refractivity contribution in [2.45, 2.75) is 32.7 Å². The van der Waals surface area contributed by atoms with E-state index in [1.807, 2.05) is 55.6 Å². The Morgan fingerprint density at radius 1 is 1.13 bits per heavy atom. The highest BCUT2D eigenvalue weighted by atomic mass is 32.1. The lowest BCUT2D eigenvalue weighted by atomic mass is 10.1. The van der Waals surface area contributed by atoms with Crippen LogP contribution < -0.4 is 5.32 Å². The predicted molar refractivity (Wildman–Crippen MR) is 120 cm³/mol. The van der Waals surface area contributed by atoms with E-state index in [0.29, 0.717) is 22.1 Å². The van der Waals surface area contributed by atoms with Gasteiger partial charge in [-0.3, -0.25) is 19.6 Å². The maximum absolute atomic E-state index is 13.1. The van der Waals surface area contributed by atoms with E-state index in [0.717, 1.165) is 16.3 Å². The number of hydrogen-bond donors (Lipinski definition) is 3. The first kappa shape index (κ1) is 20.2. The van der Waals surface area contributed by atoms with Crippen LogP contribution in [0.15, 0.2) is 41.8 Å². The van der Waals surface area contributed by atoms with Gasteiger partial charge in [0.1, 0.15) is 11.9 Å². The van der Waals surface area contributed by atoms with Crippen molar-refractivity contribution in [1.82, 2.24) is 29.9 Å². The molecule has 3 aromatic heterocycles. The molecule has 0 aliphatic heterocycles. The van der Waals surface area contributed by atoms with Crippen LogP contribution in [0.1, 0.15) is 38.6 Å². The second kappa shape index (κ2) is 8.33. The van der Waals surface area contributed by atoms with E-state index in [-0.39, 0.29) is 11.8 Å². The van der Waals surface area contributed by atoms with Crippen molar-refractivity contribution in [3.8, 4) is 22.1 Å². The number of aromatic nitrogens is 6. The number of hydrogen-bond acceptors (Lipinski definition) is 6. The fraction of sp³-hybridized carbons (Fsp3) is 0.250. The van der Waals surface area contributed by atoms with E-state index in [1.165, 1.54) is 11.3 Å². The van der Waals surface area contributed by atoms with Crippen LogP contribution >= 0.6 is 23.6 Å². The Kier molecular flexibility index (Phi) is 5.60. The molecule has 4 aromatic rings. The van der Waals surface area contributed by atoms with Crippen molar-refractivity contribution in [1.29, 1.82) is 0 Å². The molecule has 10 heteroatoms. The summed E-state index contributed by atoms with van der Waals surface area (Å²) in [5.74, 6) is 2.00. The fourth-order valence-electron chi connectivity index (χ4n) is 3.04. The average Bonchev–Trinajstić information content (AvgIpc) is 3.48. The summed E-state index contributed by atoms with van der Waals surface area (Å²) < 4.78 is 2.12. The quantitative estimate of drug-likeness (QED) is 0.375. The minimum absolute atomic E-state index is 0.211. The molecule has 0 aliphatic carbocycles. The van der Waals surface area contributed by atoms with Crippen molar-refractivity contribution in [2.24, 2.45) is 0 Å². The van der Waals surface area contributed by atoms with Gasteiger partial charge in [0.25, 0.3) is 0 Å². The number of rotatable bonds is 6. The van der Waals surface area contributed by atoms with E-state index in [2.05, 4.69) is 30.7 Å². The predicted octanol–water partition coefficient (Wildman–Crippen LogP) is 4.78. The van der Waals surface area contributed by atoms with Crippen LogP contribution in [-0.4, -0.2) is 35.9 Å². The number of amides is 1. The number of aromatic amines is 2. The van der Waals surface area contributed by atoms with E-state index in [9.17, 15) is 4.79 Å². The Morgan fingerprint density at radius 3 is 2.63 bits per heavy atom. The number of nitrogens with zero attached hydrogens (tertiary/aromatic N) is 4. The zero-order chi connectivity index (χ0) is 21.3. The second-order valence-electron chi connectivity index (χ2n) is 7.11. The monoisotopic (exact) mass is 439 g/mol. The molecule has 1 aromatic carbocycles. The zero-order valence-electron chi connectivity index (χ0n) is 16.7. The van der Waals surface area contributed by atoms with Crippen LogP contribution in [-0.2, 0) is 4.79 Å². The van der Waals surface area contributed by atoms with Crippen molar-refractivity contribution in [3.05, 3.63) is 52.4 Å². The first-order valence-corrected chi connectivity index (χ1v) is 10.8. The smallest absolute Gasteiger partial charge is 0.247 e. The SMILES string of the molecule is CC(C)c1nc(-c2ccccc2NC(=O)C(C)n2c(-c3cccs3)n[nH]c2=S)n[nH]1. The molecule has 0 aliphatic rings. The Labute approximate surface area is 182 Å². The maximum atomic E-state index is 13.1. The number of thiophene rings is 1. The van der Waals surface area contributed by atoms with Crippen molar-refractivity contribution < 1.29 is 4.79 Å². The van der Waals surface area contributed by atoms with Crippen molar-refractivity contribution in [2.75, 3.05) is 5.32 Å². The van der Waals surface area contributed by atoms with Gasteiger partial charge < -0.3 is 5.32 Å². The Bertz CT molecular complexity index is 1220. The van der Waals surface area contributed by atoms with Crippen LogP contribution in [0, 0.1) is 4.77 Å². The summed E-state index contributed by atoms with van der Waals surface area (Å²) in [4.78, 5) is 18.6. The summed E-state index contributed by atoms with van der Waals surface area (Å²) in [6.45, 7) is 5.88. The van der Waals surface area contributed by atoms with E-state index < -0.39 is 6.04 Å². The summed E-state index contributed by atoms with van der Waals surface area (Å²) >= 11 is 6.92. The molecule has 3 N–H and O–H groups in total. The van der Waals surface area contributed by atoms with Gasteiger partial charge in [0.05, 0.1) is 10.6 Å².